The highest BCUT2D eigenvalue weighted by atomic mass is 16.2. The van der Waals surface area contributed by atoms with E-state index in [1.54, 1.807) is 0 Å². The van der Waals surface area contributed by atoms with Gasteiger partial charge in [-0.3, -0.25) is 4.79 Å². The molecule has 0 saturated carbocycles. The molecule has 0 bridgehead atoms. The smallest absolute Gasteiger partial charge is 0.240 e. The van der Waals surface area contributed by atoms with E-state index in [1.807, 2.05) is 30.3 Å². The third-order valence-electron chi connectivity index (χ3n) is 2.67. The molecule has 1 aromatic rings. The summed E-state index contributed by atoms with van der Waals surface area (Å²) in [6.45, 7) is 0.697. The molecule has 74 valence electrons. The first-order chi connectivity index (χ1) is 6.71. The van der Waals surface area contributed by atoms with Gasteiger partial charge in [-0.1, -0.05) is 30.3 Å². The number of amides is 1. The Morgan fingerprint density at radius 1 is 1.36 bits per heavy atom. The molecular formula is C11H14N2O. The molecule has 1 atom stereocenters. The molecule has 1 saturated heterocycles. The number of hydrogen-bond acceptors (Lipinski definition) is 2. The van der Waals surface area contributed by atoms with Crippen molar-refractivity contribution in [2.45, 2.75) is 18.4 Å². The molecule has 3 nitrogen and oxygen atoms in total. The molecule has 1 aromatic carbocycles. The Kier molecular flexibility index (Phi) is 2.25. The van der Waals surface area contributed by atoms with E-state index >= 15 is 0 Å². The minimum absolute atomic E-state index is 0.0265. The Hall–Kier alpha value is -1.35. The van der Waals surface area contributed by atoms with Crippen molar-refractivity contribution < 1.29 is 4.79 Å². The van der Waals surface area contributed by atoms with Crippen LogP contribution in [-0.4, -0.2) is 18.0 Å². The molecule has 2 rings (SSSR count). The van der Waals surface area contributed by atoms with Crippen molar-refractivity contribution in [2.75, 3.05) is 6.54 Å². The number of carbonyl (C=O) groups excluding carboxylic acids is 1. The Balaban J connectivity index is 2.14. The average Bonchev–Trinajstić information content (AvgIpc) is 2.48. The largest absolute Gasteiger partial charge is 0.354 e. The lowest BCUT2D eigenvalue weighted by molar-refractivity contribution is -0.123. The van der Waals surface area contributed by atoms with Crippen LogP contribution in [-0.2, 0) is 11.2 Å². The highest BCUT2D eigenvalue weighted by Gasteiger charge is 2.38. The molecule has 1 unspecified atom stereocenters. The zero-order valence-corrected chi connectivity index (χ0v) is 7.99. The monoisotopic (exact) mass is 190 g/mol. The molecule has 1 aliphatic heterocycles. The summed E-state index contributed by atoms with van der Waals surface area (Å²) >= 11 is 0. The molecule has 0 spiro atoms. The number of carbonyl (C=O) groups is 1. The standard InChI is InChI=1S/C11H14N2O/c12-11(6-7-13-10(11)14)8-9-4-2-1-3-5-9/h1-5H,6-8,12H2,(H,13,14). The SMILES string of the molecule is NC1(Cc2ccccc2)CCNC1=O. The summed E-state index contributed by atoms with van der Waals surface area (Å²) in [5.74, 6) is -0.0265. The molecule has 3 N–H and O–H groups in total. The second-order valence-corrected chi connectivity index (χ2v) is 3.82. The fraction of sp³-hybridized carbons (Fsp3) is 0.364. The Bertz CT molecular complexity index is 336. The highest BCUT2D eigenvalue weighted by Crippen LogP contribution is 2.18. The van der Waals surface area contributed by atoms with Crippen molar-refractivity contribution in [1.29, 1.82) is 0 Å². The molecular weight excluding hydrogens is 176 g/mol. The van der Waals surface area contributed by atoms with E-state index in [4.69, 9.17) is 5.73 Å². The molecule has 1 aliphatic rings. The van der Waals surface area contributed by atoms with Gasteiger partial charge in [-0.2, -0.15) is 0 Å². The topological polar surface area (TPSA) is 55.1 Å². The maximum absolute atomic E-state index is 11.5. The summed E-state index contributed by atoms with van der Waals surface area (Å²) < 4.78 is 0. The van der Waals surface area contributed by atoms with Gasteiger partial charge in [0.25, 0.3) is 0 Å². The lowest BCUT2D eigenvalue weighted by Crippen LogP contribution is -2.48. The lowest BCUT2D eigenvalue weighted by Gasteiger charge is -2.20. The first-order valence-electron chi connectivity index (χ1n) is 4.82. The van der Waals surface area contributed by atoms with E-state index in [0.29, 0.717) is 13.0 Å². The number of nitrogens with one attached hydrogen (secondary N) is 1. The summed E-state index contributed by atoms with van der Waals surface area (Å²) in [5, 5.41) is 2.77. The summed E-state index contributed by atoms with van der Waals surface area (Å²) in [7, 11) is 0. The summed E-state index contributed by atoms with van der Waals surface area (Å²) in [4.78, 5) is 11.5. The van der Waals surface area contributed by atoms with Gasteiger partial charge in [0.2, 0.25) is 5.91 Å². The van der Waals surface area contributed by atoms with Crippen molar-refractivity contribution in [3.05, 3.63) is 35.9 Å². The van der Waals surface area contributed by atoms with Crippen LogP contribution in [0.4, 0.5) is 0 Å². The Labute approximate surface area is 83.3 Å². The van der Waals surface area contributed by atoms with Crippen LogP contribution in [0.25, 0.3) is 0 Å². The predicted molar refractivity (Wildman–Crippen MR) is 54.7 cm³/mol. The van der Waals surface area contributed by atoms with E-state index in [2.05, 4.69) is 5.32 Å². The quantitative estimate of drug-likeness (QED) is 0.711. The summed E-state index contributed by atoms with van der Waals surface area (Å²) in [6.07, 6.45) is 1.35. The van der Waals surface area contributed by atoms with Crippen LogP contribution in [0.2, 0.25) is 0 Å². The highest BCUT2D eigenvalue weighted by molar-refractivity contribution is 5.88. The summed E-state index contributed by atoms with van der Waals surface area (Å²) in [5.41, 5.74) is 6.45. The van der Waals surface area contributed by atoms with Gasteiger partial charge < -0.3 is 11.1 Å². The number of hydrogen-bond donors (Lipinski definition) is 2. The van der Waals surface area contributed by atoms with Crippen molar-refractivity contribution in [1.82, 2.24) is 5.32 Å². The first-order valence-corrected chi connectivity index (χ1v) is 4.82. The van der Waals surface area contributed by atoms with E-state index in [9.17, 15) is 4.79 Å². The minimum atomic E-state index is -0.693. The zero-order valence-electron chi connectivity index (χ0n) is 7.99. The fourth-order valence-corrected chi connectivity index (χ4v) is 1.82. The van der Waals surface area contributed by atoms with Gasteiger partial charge in [0.05, 0.1) is 0 Å². The van der Waals surface area contributed by atoms with Crippen LogP contribution >= 0.6 is 0 Å². The molecule has 0 aromatic heterocycles. The normalized spacial score (nSPS) is 26.2. The van der Waals surface area contributed by atoms with E-state index in [-0.39, 0.29) is 5.91 Å². The fourth-order valence-electron chi connectivity index (χ4n) is 1.82. The Morgan fingerprint density at radius 2 is 2.07 bits per heavy atom. The molecule has 0 radical (unpaired) electrons. The second-order valence-electron chi connectivity index (χ2n) is 3.82. The van der Waals surface area contributed by atoms with Gasteiger partial charge in [0.15, 0.2) is 0 Å². The van der Waals surface area contributed by atoms with Crippen molar-refractivity contribution in [3.8, 4) is 0 Å². The van der Waals surface area contributed by atoms with Crippen LogP contribution in [0.3, 0.4) is 0 Å². The summed E-state index contributed by atoms with van der Waals surface area (Å²) in [6, 6.07) is 9.89. The maximum atomic E-state index is 11.5. The second kappa shape index (κ2) is 3.42. The third kappa shape index (κ3) is 1.63. The molecule has 0 aliphatic carbocycles. The van der Waals surface area contributed by atoms with Crippen LogP contribution in [0, 0.1) is 0 Å². The number of benzene rings is 1. The number of rotatable bonds is 2. The van der Waals surface area contributed by atoms with Gasteiger partial charge in [0, 0.05) is 6.54 Å². The average molecular weight is 190 g/mol. The van der Waals surface area contributed by atoms with Crippen LogP contribution in [0.1, 0.15) is 12.0 Å². The van der Waals surface area contributed by atoms with Crippen LogP contribution in [0.5, 0.6) is 0 Å². The lowest BCUT2D eigenvalue weighted by atomic mass is 9.90. The maximum Gasteiger partial charge on any atom is 0.240 e. The van der Waals surface area contributed by atoms with Gasteiger partial charge in [-0.15, -0.1) is 0 Å². The van der Waals surface area contributed by atoms with Crippen molar-refractivity contribution >= 4 is 5.91 Å². The van der Waals surface area contributed by atoms with Gasteiger partial charge >= 0.3 is 0 Å². The van der Waals surface area contributed by atoms with Gasteiger partial charge in [-0.05, 0) is 18.4 Å². The van der Waals surface area contributed by atoms with Crippen LogP contribution in [0.15, 0.2) is 30.3 Å². The van der Waals surface area contributed by atoms with Gasteiger partial charge in [-0.25, -0.2) is 0 Å². The molecule has 3 heteroatoms. The van der Waals surface area contributed by atoms with Crippen LogP contribution < -0.4 is 11.1 Å². The third-order valence-corrected chi connectivity index (χ3v) is 2.67. The first kappa shape index (κ1) is 9.21. The zero-order chi connectivity index (χ0) is 10.0. The van der Waals surface area contributed by atoms with Crippen molar-refractivity contribution in [2.24, 2.45) is 5.73 Å². The van der Waals surface area contributed by atoms with Crippen molar-refractivity contribution in [3.63, 3.8) is 0 Å². The molecule has 1 amide bonds. The molecule has 1 fully saturated rings. The predicted octanol–water partition coefficient (Wildman–Crippen LogP) is 0.446. The minimum Gasteiger partial charge on any atom is -0.354 e. The number of nitrogens with two attached hydrogens (primary N) is 1. The van der Waals surface area contributed by atoms with E-state index < -0.39 is 5.54 Å². The Morgan fingerprint density at radius 3 is 2.64 bits per heavy atom. The van der Waals surface area contributed by atoms with Gasteiger partial charge in [0.1, 0.15) is 5.54 Å². The molecule has 14 heavy (non-hydrogen) atoms. The van der Waals surface area contributed by atoms with E-state index in [0.717, 1.165) is 12.0 Å². The molecule has 1 heterocycles. The van der Waals surface area contributed by atoms with E-state index in [1.165, 1.54) is 0 Å².